The van der Waals surface area contributed by atoms with E-state index in [2.05, 4.69) is 35.6 Å². The van der Waals surface area contributed by atoms with E-state index < -0.39 is 0 Å². The second-order valence-corrected chi connectivity index (χ2v) is 5.70. The molecule has 92 valence electrons. The molecule has 0 aromatic heterocycles. The molecule has 0 bridgehead atoms. The van der Waals surface area contributed by atoms with Crippen molar-refractivity contribution in [2.75, 3.05) is 0 Å². The first-order chi connectivity index (χ1) is 8.43. The molecule has 1 aromatic carbocycles. The summed E-state index contributed by atoms with van der Waals surface area (Å²) in [5, 5.41) is 3.90. The summed E-state index contributed by atoms with van der Waals surface area (Å²) in [4.78, 5) is 0. The topological polar surface area (TPSA) is 12.0 Å². The van der Waals surface area contributed by atoms with Crippen molar-refractivity contribution in [1.82, 2.24) is 5.32 Å². The highest BCUT2D eigenvalue weighted by atomic mass is 15.0. The van der Waals surface area contributed by atoms with Crippen molar-refractivity contribution in [3.8, 4) is 0 Å². The van der Waals surface area contributed by atoms with Crippen molar-refractivity contribution in [2.24, 2.45) is 0 Å². The van der Waals surface area contributed by atoms with Crippen LogP contribution in [-0.2, 0) is 0 Å². The normalized spacial score (nSPS) is 29.9. The van der Waals surface area contributed by atoms with Crippen LogP contribution in [0.25, 0.3) is 0 Å². The Bertz CT molecular complexity index is 340. The zero-order valence-corrected chi connectivity index (χ0v) is 10.6. The van der Waals surface area contributed by atoms with Crippen molar-refractivity contribution >= 4 is 0 Å². The third-order valence-electron chi connectivity index (χ3n) is 4.56. The Morgan fingerprint density at radius 1 is 0.824 bits per heavy atom. The van der Waals surface area contributed by atoms with Gasteiger partial charge in [0.15, 0.2) is 0 Å². The molecule has 17 heavy (non-hydrogen) atoms. The highest BCUT2D eigenvalue weighted by Crippen LogP contribution is 2.37. The zero-order chi connectivity index (χ0) is 11.5. The summed E-state index contributed by atoms with van der Waals surface area (Å²) in [5.74, 6) is 0.776. The third-order valence-corrected chi connectivity index (χ3v) is 4.56. The molecule has 0 aliphatic heterocycles. The summed E-state index contributed by atoms with van der Waals surface area (Å²) >= 11 is 0. The molecule has 0 unspecified atom stereocenters. The molecule has 0 radical (unpaired) electrons. The molecule has 0 spiro atoms. The van der Waals surface area contributed by atoms with Gasteiger partial charge in [-0.3, -0.25) is 0 Å². The molecule has 1 heteroatoms. The van der Waals surface area contributed by atoms with Crippen LogP contribution in [-0.4, -0.2) is 12.1 Å². The van der Waals surface area contributed by atoms with Crippen LogP contribution in [0.1, 0.15) is 56.4 Å². The number of benzene rings is 1. The van der Waals surface area contributed by atoms with Gasteiger partial charge in [-0.25, -0.2) is 0 Å². The van der Waals surface area contributed by atoms with Gasteiger partial charge in [0.05, 0.1) is 0 Å². The maximum Gasteiger partial charge on any atom is 0.0139 e. The van der Waals surface area contributed by atoms with E-state index in [0.717, 1.165) is 18.0 Å². The molecule has 0 saturated heterocycles. The molecular formula is C16H23N. The molecule has 0 amide bonds. The molecule has 1 N–H and O–H groups in total. The molecule has 2 aliphatic carbocycles. The Hall–Kier alpha value is -0.820. The molecule has 2 saturated carbocycles. The first kappa shape index (κ1) is 11.3. The fourth-order valence-corrected chi connectivity index (χ4v) is 3.37. The van der Waals surface area contributed by atoms with Gasteiger partial charge in [0.1, 0.15) is 0 Å². The van der Waals surface area contributed by atoms with Crippen LogP contribution >= 0.6 is 0 Å². The summed E-state index contributed by atoms with van der Waals surface area (Å²) in [5.41, 5.74) is 1.53. The van der Waals surface area contributed by atoms with E-state index in [-0.39, 0.29) is 0 Å². The fraction of sp³-hybridized carbons (Fsp3) is 0.625. The second-order valence-electron chi connectivity index (χ2n) is 5.70. The van der Waals surface area contributed by atoms with Gasteiger partial charge in [-0.15, -0.1) is 0 Å². The predicted octanol–water partition coefficient (Wildman–Crippen LogP) is 3.85. The Kier molecular flexibility index (Phi) is 3.46. The minimum absolute atomic E-state index is 0.750. The Balaban J connectivity index is 1.58. The quantitative estimate of drug-likeness (QED) is 0.830. The zero-order valence-electron chi connectivity index (χ0n) is 10.6. The van der Waals surface area contributed by atoms with E-state index in [0.29, 0.717) is 0 Å². The van der Waals surface area contributed by atoms with E-state index in [4.69, 9.17) is 0 Å². The number of hydrogen-bond acceptors (Lipinski definition) is 1. The lowest BCUT2D eigenvalue weighted by Gasteiger charge is -2.41. The summed E-state index contributed by atoms with van der Waals surface area (Å²) in [7, 11) is 0. The highest BCUT2D eigenvalue weighted by molar-refractivity contribution is 5.24. The van der Waals surface area contributed by atoms with Crippen LogP contribution in [0, 0.1) is 0 Å². The van der Waals surface area contributed by atoms with E-state index in [1.54, 1.807) is 0 Å². The van der Waals surface area contributed by atoms with E-state index >= 15 is 0 Å². The molecule has 3 rings (SSSR count). The highest BCUT2D eigenvalue weighted by Gasteiger charge is 2.33. The summed E-state index contributed by atoms with van der Waals surface area (Å²) < 4.78 is 0. The van der Waals surface area contributed by atoms with E-state index in [1.165, 1.54) is 50.5 Å². The Morgan fingerprint density at radius 2 is 1.59 bits per heavy atom. The fourth-order valence-electron chi connectivity index (χ4n) is 3.37. The molecule has 1 aromatic rings. The van der Waals surface area contributed by atoms with Gasteiger partial charge >= 0.3 is 0 Å². The van der Waals surface area contributed by atoms with E-state index in [1.807, 2.05) is 0 Å². The molecule has 2 atom stereocenters. The van der Waals surface area contributed by atoms with Gasteiger partial charge in [-0.2, -0.15) is 0 Å². The smallest absolute Gasteiger partial charge is 0.0139 e. The van der Waals surface area contributed by atoms with Gasteiger partial charge < -0.3 is 5.32 Å². The third kappa shape index (κ3) is 2.55. The number of rotatable bonds is 3. The lowest BCUT2D eigenvalue weighted by Crippen LogP contribution is -2.47. The maximum atomic E-state index is 3.90. The van der Waals surface area contributed by atoms with Crippen LogP contribution in [0.2, 0.25) is 0 Å². The van der Waals surface area contributed by atoms with Crippen molar-refractivity contribution in [1.29, 1.82) is 0 Å². The first-order valence-electron chi connectivity index (χ1n) is 7.24. The average Bonchev–Trinajstić information content (AvgIpc) is 2.37. The minimum Gasteiger partial charge on any atom is -0.311 e. The van der Waals surface area contributed by atoms with Crippen molar-refractivity contribution in [3.63, 3.8) is 0 Å². The lowest BCUT2D eigenvalue weighted by molar-refractivity contribution is 0.232. The van der Waals surface area contributed by atoms with Gasteiger partial charge in [0.25, 0.3) is 0 Å². The molecule has 1 nitrogen and oxygen atoms in total. The largest absolute Gasteiger partial charge is 0.311 e. The molecule has 2 aliphatic rings. The Labute approximate surface area is 105 Å². The standard InChI is InChI=1S/C16H23N/c1-3-7-13(8-4-1)15-11-12-16(15)17-14-9-5-2-6-10-14/h1,3-4,7-8,14-17H,2,5-6,9-12H2/t15-,16-/m0/s1. The predicted molar refractivity (Wildman–Crippen MR) is 72.2 cm³/mol. The van der Waals surface area contributed by atoms with Crippen LogP contribution in [0.5, 0.6) is 0 Å². The summed E-state index contributed by atoms with van der Waals surface area (Å²) in [6.45, 7) is 0. The SMILES string of the molecule is c1ccc([C@@H]2CC[C@@H]2NC2CCCCC2)cc1. The summed E-state index contributed by atoms with van der Waals surface area (Å²) in [6, 6.07) is 12.6. The van der Waals surface area contributed by atoms with Gasteiger partial charge in [-0.1, -0.05) is 49.6 Å². The number of hydrogen-bond donors (Lipinski definition) is 1. The molecule has 2 fully saturated rings. The molecule has 0 heterocycles. The van der Waals surface area contributed by atoms with Crippen molar-refractivity contribution < 1.29 is 0 Å². The molecular weight excluding hydrogens is 206 g/mol. The minimum atomic E-state index is 0.750. The van der Waals surface area contributed by atoms with Crippen LogP contribution in [0.15, 0.2) is 30.3 Å². The van der Waals surface area contributed by atoms with E-state index in [9.17, 15) is 0 Å². The van der Waals surface area contributed by atoms with Gasteiger partial charge in [0, 0.05) is 12.1 Å². The monoisotopic (exact) mass is 229 g/mol. The Morgan fingerprint density at radius 3 is 2.24 bits per heavy atom. The van der Waals surface area contributed by atoms with Gasteiger partial charge in [-0.05, 0) is 37.2 Å². The summed E-state index contributed by atoms with van der Waals surface area (Å²) in [6.07, 6.45) is 9.85. The van der Waals surface area contributed by atoms with Crippen LogP contribution < -0.4 is 5.32 Å². The van der Waals surface area contributed by atoms with Crippen LogP contribution in [0.3, 0.4) is 0 Å². The van der Waals surface area contributed by atoms with Crippen LogP contribution in [0.4, 0.5) is 0 Å². The number of nitrogens with one attached hydrogen (secondary N) is 1. The van der Waals surface area contributed by atoms with Gasteiger partial charge in [0.2, 0.25) is 0 Å². The average molecular weight is 229 g/mol. The first-order valence-corrected chi connectivity index (χ1v) is 7.24. The van der Waals surface area contributed by atoms with Crippen molar-refractivity contribution in [2.45, 2.75) is 62.9 Å². The lowest BCUT2D eigenvalue weighted by atomic mass is 9.74. The second kappa shape index (κ2) is 5.22. The maximum absolute atomic E-state index is 3.90. The van der Waals surface area contributed by atoms with Crippen molar-refractivity contribution in [3.05, 3.63) is 35.9 Å².